The lowest BCUT2D eigenvalue weighted by Crippen LogP contribution is -2.31. The van der Waals surface area contributed by atoms with Gasteiger partial charge in [-0.2, -0.15) is 8.42 Å². The lowest BCUT2D eigenvalue weighted by atomic mass is 10.1. The van der Waals surface area contributed by atoms with E-state index >= 15 is 0 Å². The van der Waals surface area contributed by atoms with Crippen LogP contribution in [0.15, 0.2) is 0 Å². The van der Waals surface area contributed by atoms with Gasteiger partial charge in [-0.05, 0) is 39.7 Å². The SMILES string of the molecule is CC(C)(CCCO)S(=O)(=O)O.CCCCCCCCCCCCN. The van der Waals surface area contributed by atoms with Crippen molar-refractivity contribution in [3.8, 4) is 0 Å². The van der Waals surface area contributed by atoms with Crippen LogP contribution in [0, 0.1) is 0 Å². The quantitative estimate of drug-likeness (QED) is 0.314. The Morgan fingerprint density at radius 3 is 1.58 bits per heavy atom. The smallest absolute Gasteiger partial charge is 0.270 e. The highest BCUT2D eigenvalue weighted by atomic mass is 32.2. The second kappa shape index (κ2) is 16.3. The minimum absolute atomic E-state index is 0.0566. The van der Waals surface area contributed by atoms with E-state index < -0.39 is 14.9 Å². The van der Waals surface area contributed by atoms with Gasteiger partial charge in [-0.25, -0.2) is 0 Å². The van der Waals surface area contributed by atoms with Crippen LogP contribution >= 0.6 is 0 Å². The van der Waals surface area contributed by atoms with Gasteiger partial charge >= 0.3 is 0 Å². The van der Waals surface area contributed by atoms with Crippen molar-refractivity contribution in [3.05, 3.63) is 0 Å². The van der Waals surface area contributed by atoms with Gasteiger partial charge in [0.15, 0.2) is 0 Å². The van der Waals surface area contributed by atoms with Crippen molar-refractivity contribution < 1.29 is 18.1 Å². The summed E-state index contributed by atoms with van der Waals surface area (Å²) in [5.74, 6) is 0. The molecule has 148 valence electrons. The monoisotopic (exact) mass is 367 g/mol. The Morgan fingerprint density at radius 1 is 0.833 bits per heavy atom. The Morgan fingerprint density at radius 2 is 1.25 bits per heavy atom. The molecule has 0 rings (SSSR count). The second-order valence-corrected chi connectivity index (χ2v) is 9.09. The molecule has 0 heterocycles. The largest absolute Gasteiger partial charge is 0.396 e. The van der Waals surface area contributed by atoms with Gasteiger partial charge in [0.2, 0.25) is 0 Å². The number of hydrogen-bond donors (Lipinski definition) is 3. The van der Waals surface area contributed by atoms with Crippen molar-refractivity contribution in [2.45, 2.75) is 103 Å². The summed E-state index contributed by atoms with van der Waals surface area (Å²) in [6.45, 7) is 5.94. The molecule has 6 heteroatoms. The zero-order valence-corrected chi connectivity index (χ0v) is 16.9. The van der Waals surface area contributed by atoms with Crippen LogP contribution in [0.2, 0.25) is 0 Å². The Bertz CT molecular complexity index is 346. The molecular weight excluding hydrogens is 326 g/mol. The first kappa shape index (κ1) is 26.1. The first-order valence-electron chi connectivity index (χ1n) is 9.51. The molecule has 0 aliphatic carbocycles. The molecule has 24 heavy (non-hydrogen) atoms. The van der Waals surface area contributed by atoms with E-state index in [9.17, 15) is 8.42 Å². The molecule has 4 N–H and O–H groups in total. The second-order valence-electron chi connectivity index (χ2n) is 7.03. The maximum atomic E-state index is 10.6. The van der Waals surface area contributed by atoms with Crippen molar-refractivity contribution in [1.29, 1.82) is 0 Å². The topological polar surface area (TPSA) is 101 Å². The Hall–Kier alpha value is -0.170. The first-order valence-corrected chi connectivity index (χ1v) is 10.9. The minimum Gasteiger partial charge on any atom is -0.396 e. The highest BCUT2D eigenvalue weighted by molar-refractivity contribution is 7.87. The number of aliphatic hydroxyl groups excluding tert-OH is 1. The third-order valence-corrected chi connectivity index (χ3v) is 5.79. The normalized spacial score (nSPS) is 11.9. The van der Waals surface area contributed by atoms with Crippen molar-refractivity contribution in [1.82, 2.24) is 0 Å². The van der Waals surface area contributed by atoms with E-state index in [1.54, 1.807) is 0 Å². The van der Waals surface area contributed by atoms with Crippen molar-refractivity contribution in [2.75, 3.05) is 13.2 Å². The predicted molar refractivity (Wildman–Crippen MR) is 103 cm³/mol. The van der Waals surface area contributed by atoms with Crippen LogP contribution in [0.25, 0.3) is 0 Å². The summed E-state index contributed by atoms with van der Waals surface area (Å²) in [6, 6.07) is 0. The fraction of sp³-hybridized carbons (Fsp3) is 1.00. The number of rotatable bonds is 14. The minimum atomic E-state index is -3.99. The Balaban J connectivity index is 0. The van der Waals surface area contributed by atoms with E-state index in [1.807, 2.05) is 0 Å². The molecule has 0 atom stereocenters. The van der Waals surface area contributed by atoms with Crippen LogP contribution in [0.3, 0.4) is 0 Å². The van der Waals surface area contributed by atoms with E-state index in [1.165, 1.54) is 78.1 Å². The zero-order chi connectivity index (χ0) is 18.9. The van der Waals surface area contributed by atoms with Gasteiger partial charge in [-0.3, -0.25) is 4.55 Å². The maximum absolute atomic E-state index is 10.6. The molecule has 0 aromatic carbocycles. The molecule has 0 saturated carbocycles. The molecule has 0 aromatic rings. The third kappa shape index (κ3) is 16.7. The standard InChI is InChI=1S/C12H27N.C6H14O4S/c1-2-3-4-5-6-7-8-9-10-11-12-13;1-6(2,4-3-5-7)11(8,9)10/h2-13H2,1H3;7H,3-5H2,1-2H3,(H,8,9,10). The molecule has 0 radical (unpaired) electrons. The lowest BCUT2D eigenvalue weighted by Gasteiger charge is -2.19. The van der Waals surface area contributed by atoms with Crippen molar-refractivity contribution in [3.63, 3.8) is 0 Å². The lowest BCUT2D eigenvalue weighted by molar-refractivity contribution is 0.276. The highest BCUT2D eigenvalue weighted by Gasteiger charge is 2.31. The number of nitrogens with two attached hydrogens (primary N) is 1. The molecule has 0 unspecified atom stereocenters. The molecule has 0 amide bonds. The number of unbranched alkanes of at least 4 members (excludes halogenated alkanes) is 9. The van der Waals surface area contributed by atoms with Crippen LogP contribution in [-0.2, 0) is 10.1 Å². The van der Waals surface area contributed by atoms with Gasteiger partial charge in [0.25, 0.3) is 10.1 Å². The van der Waals surface area contributed by atoms with Gasteiger partial charge in [0.05, 0.1) is 4.75 Å². The molecule has 0 spiro atoms. The van der Waals surface area contributed by atoms with E-state index in [2.05, 4.69) is 6.92 Å². The fourth-order valence-corrected chi connectivity index (χ4v) is 2.67. The number of hydrogen-bond acceptors (Lipinski definition) is 4. The van der Waals surface area contributed by atoms with Gasteiger partial charge in [-0.1, -0.05) is 64.7 Å². The van der Waals surface area contributed by atoms with Crippen LogP contribution in [0.4, 0.5) is 0 Å². The summed E-state index contributed by atoms with van der Waals surface area (Å²) in [6.07, 6.45) is 14.6. The van der Waals surface area contributed by atoms with Gasteiger partial charge < -0.3 is 10.8 Å². The van der Waals surface area contributed by atoms with E-state index in [-0.39, 0.29) is 13.0 Å². The average Bonchev–Trinajstić information content (AvgIpc) is 2.51. The van der Waals surface area contributed by atoms with Gasteiger partial charge in [0.1, 0.15) is 0 Å². The molecular formula is C18H41NO4S. The molecule has 0 bridgehead atoms. The van der Waals surface area contributed by atoms with Gasteiger partial charge in [-0.15, -0.1) is 0 Å². The fourth-order valence-electron chi connectivity index (χ4n) is 2.27. The summed E-state index contributed by atoms with van der Waals surface area (Å²) < 4.78 is 28.8. The first-order chi connectivity index (χ1) is 11.2. The van der Waals surface area contributed by atoms with Crippen molar-refractivity contribution >= 4 is 10.1 Å². The third-order valence-electron chi connectivity index (χ3n) is 4.19. The van der Waals surface area contributed by atoms with Crippen LogP contribution < -0.4 is 5.73 Å². The van der Waals surface area contributed by atoms with E-state index in [4.69, 9.17) is 15.4 Å². The summed E-state index contributed by atoms with van der Waals surface area (Å²) in [4.78, 5) is 0. The maximum Gasteiger partial charge on any atom is 0.270 e. The highest BCUT2D eigenvalue weighted by Crippen LogP contribution is 2.20. The molecule has 0 aliphatic rings. The summed E-state index contributed by atoms with van der Waals surface area (Å²) in [7, 11) is -3.99. The molecule has 0 aliphatic heterocycles. The Kier molecular flexibility index (Phi) is 17.7. The van der Waals surface area contributed by atoms with E-state index in [0.29, 0.717) is 6.42 Å². The predicted octanol–water partition coefficient (Wildman–Crippen LogP) is 4.29. The molecule has 5 nitrogen and oxygen atoms in total. The van der Waals surface area contributed by atoms with Crippen LogP contribution in [0.1, 0.15) is 97.8 Å². The summed E-state index contributed by atoms with van der Waals surface area (Å²) in [5, 5.41) is 8.42. The average molecular weight is 368 g/mol. The molecule has 0 fully saturated rings. The Labute approximate surface area is 150 Å². The molecule has 0 aromatic heterocycles. The van der Waals surface area contributed by atoms with Crippen LogP contribution in [0.5, 0.6) is 0 Å². The summed E-state index contributed by atoms with van der Waals surface area (Å²) in [5.41, 5.74) is 5.42. The molecule has 0 saturated heterocycles. The van der Waals surface area contributed by atoms with E-state index in [0.717, 1.165) is 6.54 Å². The van der Waals surface area contributed by atoms with Gasteiger partial charge in [0, 0.05) is 6.61 Å². The summed E-state index contributed by atoms with van der Waals surface area (Å²) >= 11 is 0. The zero-order valence-electron chi connectivity index (χ0n) is 16.1. The van der Waals surface area contributed by atoms with Crippen molar-refractivity contribution in [2.24, 2.45) is 5.73 Å². The number of aliphatic hydroxyl groups is 1. The van der Waals surface area contributed by atoms with Crippen LogP contribution in [-0.4, -0.2) is 36.0 Å².